The molecule has 2 aliphatic rings. The van der Waals surface area contributed by atoms with E-state index in [2.05, 4.69) is 5.10 Å². The molecule has 0 N–H and O–H groups in total. The zero-order chi connectivity index (χ0) is 23.3. The van der Waals surface area contributed by atoms with Crippen LogP contribution in [0.2, 0.25) is 0 Å². The highest BCUT2D eigenvalue weighted by Crippen LogP contribution is 2.33. The Morgan fingerprint density at radius 3 is 2.27 bits per heavy atom. The van der Waals surface area contributed by atoms with E-state index in [1.165, 1.54) is 6.92 Å². The summed E-state index contributed by atoms with van der Waals surface area (Å²) < 4.78 is 1.60. The van der Waals surface area contributed by atoms with Crippen molar-refractivity contribution in [2.75, 3.05) is 22.9 Å². The lowest BCUT2D eigenvalue weighted by atomic mass is 10.00. The fraction of sp³-hybridized carbons (Fsp3) is 0.308. The van der Waals surface area contributed by atoms with Crippen molar-refractivity contribution in [3.05, 3.63) is 70.5 Å². The van der Waals surface area contributed by atoms with E-state index in [9.17, 15) is 14.4 Å². The summed E-state index contributed by atoms with van der Waals surface area (Å²) in [6, 6.07) is 13.5. The third kappa shape index (κ3) is 3.53. The molecule has 7 nitrogen and oxygen atoms in total. The molecular formula is C26H26N4O3. The van der Waals surface area contributed by atoms with Gasteiger partial charge < -0.3 is 9.80 Å². The maximum Gasteiger partial charge on any atom is 0.277 e. The highest BCUT2D eigenvalue weighted by atomic mass is 16.2. The van der Waals surface area contributed by atoms with Crippen LogP contribution in [-0.2, 0) is 11.2 Å². The van der Waals surface area contributed by atoms with Gasteiger partial charge in [0.25, 0.3) is 5.91 Å². The third-order valence-electron chi connectivity index (χ3n) is 6.48. The van der Waals surface area contributed by atoms with Crippen molar-refractivity contribution in [1.82, 2.24) is 9.78 Å². The predicted molar refractivity (Wildman–Crippen MR) is 126 cm³/mol. The summed E-state index contributed by atoms with van der Waals surface area (Å²) in [5, 5.41) is 4.54. The number of hydrogen-bond donors (Lipinski definition) is 0. The van der Waals surface area contributed by atoms with E-state index in [4.69, 9.17) is 0 Å². The van der Waals surface area contributed by atoms with Crippen molar-refractivity contribution in [3.8, 4) is 5.69 Å². The van der Waals surface area contributed by atoms with Gasteiger partial charge in [0, 0.05) is 43.4 Å². The van der Waals surface area contributed by atoms with Gasteiger partial charge in [-0.15, -0.1) is 0 Å². The number of amides is 2. The number of carbonyl (C=O) groups excluding carboxylic acids is 3. The molecule has 33 heavy (non-hydrogen) atoms. The molecule has 1 aromatic heterocycles. The van der Waals surface area contributed by atoms with E-state index >= 15 is 0 Å². The zero-order valence-corrected chi connectivity index (χ0v) is 19.1. The molecule has 5 rings (SSSR count). The summed E-state index contributed by atoms with van der Waals surface area (Å²) in [6.07, 6.45) is 2.00. The molecule has 1 saturated heterocycles. The van der Waals surface area contributed by atoms with Gasteiger partial charge in [-0.05, 0) is 62.6 Å². The molecule has 0 radical (unpaired) electrons. The molecule has 1 fully saturated rings. The first kappa shape index (κ1) is 21.1. The number of aromatic nitrogens is 2. The van der Waals surface area contributed by atoms with E-state index in [0.717, 1.165) is 41.2 Å². The Morgan fingerprint density at radius 1 is 0.909 bits per heavy atom. The maximum atomic E-state index is 13.7. The van der Waals surface area contributed by atoms with Crippen molar-refractivity contribution in [2.24, 2.45) is 0 Å². The summed E-state index contributed by atoms with van der Waals surface area (Å²) in [5.74, 6) is -0.182. The Bertz CT molecular complexity index is 1290. The van der Waals surface area contributed by atoms with Crippen LogP contribution >= 0.6 is 0 Å². The molecular weight excluding hydrogens is 416 g/mol. The summed E-state index contributed by atoms with van der Waals surface area (Å²) in [5.41, 5.74) is 5.96. The highest BCUT2D eigenvalue weighted by molar-refractivity contribution is 6.10. The summed E-state index contributed by atoms with van der Waals surface area (Å²) >= 11 is 0. The van der Waals surface area contributed by atoms with Gasteiger partial charge >= 0.3 is 0 Å². The molecule has 2 aliphatic heterocycles. The zero-order valence-electron chi connectivity index (χ0n) is 19.1. The lowest BCUT2D eigenvalue weighted by Crippen LogP contribution is -2.39. The molecule has 2 amide bonds. The summed E-state index contributed by atoms with van der Waals surface area (Å²) in [6.45, 7) is 6.64. The molecule has 2 aromatic carbocycles. The number of anilines is 2. The monoisotopic (exact) mass is 442 g/mol. The van der Waals surface area contributed by atoms with Crippen molar-refractivity contribution >= 4 is 29.0 Å². The van der Waals surface area contributed by atoms with Crippen molar-refractivity contribution in [2.45, 2.75) is 40.0 Å². The maximum absolute atomic E-state index is 13.7. The number of nitrogens with zero attached hydrogens (tertiary/aromatic N) is 4. The van der Waals surface area contributed by atoms with Gasteiger partial charge in [0.15, 0.2) is 5.78 Å². The van der Waals surface area contributed by atoms with Crippen LogP contribution in [0.25, 0.3) is 5.69 Å². The Labute approximate surface area is 192 Å². The van der Waals surface area contributed by atoms with E-state index in [0.29, 0.717) is 36.3 Å². The topological polar surface area (TPSA) is 75.5 Å². The molecule has 0 spiro atoms. The number of benzene rings is 2. The minimum atomic E-state index is -0.176. The second-order valence-electron chi connectivity index (χ2n) is 8.81. The smallest absolute Gasteiger partial charge is 0.277 e. The Kier molecular flexibility index (Phi) is 5.12. The van der Waals surface area contributed by atoms with Crippen molar-refractivity contribution in [3.63, 3.8) is 0 Å². The van der Waals surface area contributed by atoms with Gasteiger partial charge in [0.05, 0.1) is 5.69 Å². The number of rotatable bonds is 4. The summed E-state index contributed by atoms with van der Waals surface area (Å²) in [7, 11) is 0. The number of hydrogen-bond acceptors (Lipinski definition) is 4. The van der Waals surface area contributed by atoms with E-state index in [-0.39, 0.29) is 17.6 Å². The van der Waals surface area contributed by atoms with Gasteiger partial charge in [-0.2, -0.15) is 5.10 Å². The number of fused-ring (bicyclic) bond motifs is 1. The van der Waals surface area contributed by atoms with Crippen LogP contribution in [0.5, 0.6) is 0 Å². The Hall–Kier alpha value is -3.74. The molecule has 0 saturated carbocycles. The van der Waals surface area contributed by atoms with E-state index in [1.807, 2.05) is 56.3 Å². The van der Waals surface area contributed by atoms with E-state index < -0.39 is 0 Å². The molecule has 3 heterocycles. The first-order chi connectivity index (χ1) is 15.8. The van der Waals surface area contributed by atoms with Crippen LogP contribution in [0.3, 0.4) is 0 Å². The van der Waals surface area contributed by atoms with E-state index in [1.54, 1.807) is 14.5 Å². The number of ketones is 1. The average molecular weight is 443 g/mol. The number of Topliss-reactive ketones (excluding diaryl/α,β-unsaturated/α-hetero) is 1. The SMILES string of the molecule is CC(=O)c1nn(-c2ccc(C)cc2)c2c1CCN(c1ccc(N3CCCC3=O)cc1C)C2=O. The van der Waals surface area contributed by atoms with Gasteiger partial charge in [0.2, 0.25) is 5.91 Å². The fourth-order valence-corrected chi connectivity index (χ4v) is 4.78. The van der Waals surface area contributed by atoms with Crippen molar-refractivity contribution < 1.29 is 14.4 Å². The van der Waals surface area contributed by atoms with Crippen LogP contribution in [-0.4, -0.2) is 40.5 Å². The molecule has 0 atom stereocenters. The molecule has 0 unspecified atom stereocenters. The average Bonchev–Trinajstić information content (AvgIpc) is 3.39. The number of carbonyl (C=O) groups is 3. The second-order valence-corrected chi connectivity index (χ2v) is 8.81. The van der Waals surface area contributed by atoms with Gasteiger partial charge in [-0.25, -0.2) is 4.68 Å². The quantitative estimate of drug-likeness (QED) is 0.572. The minimum Gasteiger partial charge on any atom is -0.312 e. The molecule has 3 aromatic rings. The highest BCUT2D eigenvalue weighted by Gasteiger charge is 2.35. The first-order valence-corrected chi connectivity index (χ1v) is 11.3. The molecule has 168 valence electrons. The summed E-state index contributed by atoms with van der Waals surface area (Å²) in [4.78, 5) is 41.7. The van der Waals surface area contributed by atoms with Crippen molar-refractivity contribution in [1.29, 1.82) is 0 Å². The standard InChI is InChI=1S/C26H26N4O3/c1-16-6-8-19(9-7-16)30-25-21(24(27-30)18(3)31)12-14-29(26(25)33)22-11-10-20(15-17(22)2)28-13-4-5-23(28)32/h6-11,15H,4-5,12-14H2,1-3H3. The Balaban J connectivity index is 1.55. The van der Waals surface area contributed by atoms with Crippen LogP contribution in [0, 0.1) is 13.8 Å². The van der Waals surface area contributed by atoms with Gasteiger partial charge in [0.1, 0.15) is 11.4 Å². The second kappa shape index (κ2) is 7.99. The van der Waals surface area contributed by atoms with Gasteiger partial charge in [-0.3, -0.25) is 14.4 Å². The third-order valence-corrected chi connectivity index (χ3v) is 6.48. The molecule has 0 aliphatic carbocycles. The first-order valence-electron chi connectivity index (χ1n) is 11.3. The van der Waals surface area contributed by atoms with Gasteiger partial charge in [-0.1, -0.05) is 17.7 Å². The molecule has 7 heteroatoms. The Morgan fingerprint density at radius 2 is 1.64 bits per heavy atom. The number of aryl methyl sites for hydroxylation is 2. The molecule has 0 bridgehead atoms. The van der Waals surface area contributed by atoms with Crippen LogP contribution < -0.4 is 9.80 Å². The normalized spacial score (nSPS) is 15.8. The van der Waals surface area contributed by atoms with Crippen LogP contribution in [0.4, 0.5) is 11.4 Å². The lowest BCUT2D eigenvalue weighted by Gasteiger charge is -2.29. The minimum absolute atomic E-state index is 0.139. The van der Waals surface area contributed by atoms with Crippen LogP contribution in [0.1, 0.15) is 57.4 Å². The fourth-order valence-electron chi connectivity index (χ4n) is 4.78. The lowest BCUT2D eigenvalue weighted by molar-refractivity contribution is -0.117. The largest absolute Gasteiger partial charge is 0.312 e. The van der Waals surface area contributed by atoms with Crippen LogP contribution in [0.15, 0.2) is 42.5 Å². The predicted octanol–water partition coefficient (Wildman–Crippen LogP) is 4.02.